The summed E-state index contributed by atoms with van der Waals surface area (Å²) in [5.74, 6) is -0.163. The van der Waals surface area contributed by atoms with Crippen molar-refractivity contribution in [2.24, 2.45) is 0 Å². The molecular formula is C23H25N3O3. The summed E-state index contributed by atoms with van der Waals surface area (Å²) < 4.78 is 7.34. The molecule has 1 aromatic carbocycles. The average molecular weight is 391 g/mol. The number of benzene rings is 1. The Kier molecular flexibility index (Phi) is 5.20. The molecule has 1 unspecified atom stereocenters. The van der Waals surface area contributed by atoms with Gasteiger partial charge in [-0.05, 0) is 44.4 Å². The molecule has 0 saturated carbocycles. The van der Waals surface area contributed by atoms with E-state index in [0.717, 1.165) is 18.4 Å². The third kappa shape index (κ3) is 4.22. The van der Waals surface area contributed by atoms with Gasteiger partial charge in [0.25, 0.3) is 11.5 Å². The lowest BCUT2D eigenvalue weighted by molar-refractivity contribution is -0.0615. The van der Waals surface area contributed by atoms with Crippen LogP contribution in [-0.4, -0.2) is 33.7 Å². The smallest absolute Gasteiger partial charge is 0.258 e. The molecule has 0 aliphatic carbocycles. The molecule has 1 aliphatic heterocycles. The molecule has 0 radical (unpaired) electrons. The van der Waals surface area contributed by atoms with Crippen molar-refractivity contribution in [1.29, 1.82) is 0 Å². The summed E-state index contributed by atoms with van der Waals surface area (Å²) >= 11 is 0. The predicted molar refractivity (Wildman–Crippen MR) is 112 cm³/mol. The van der Waals surface area contributed by atoms with Crippen LogP contribution in [0.4, 0.5) is 0 Å². The van der Waals surface area contributed by atoms with Crippen LogP contribution in [0.5, 0.6) is 0 Å². The minimum atomic E-state index is -0.253. The molecule has 4 rings (SSSR count). The number of aromatic nitrogens is 2. The van der Waals surface area contributed by atoms with E-state index >= 15 is 0 Å². The second-order valence-electron chi connectivity index (χ2n) is 8.15. The van der Waals surface area contributed by atoms with Crippen LogP contribution < -0.4 is 10.9 Å². The molecule has 1 fully saturated rings. The van der Waals surface area contributed by atoms with Gasteiger partial charge in [-0.1, -0.05) is 24.3 Å². The monoisotopic (exact) mass is 391 g/mol. The maximum atomic E-state index is 13.2. The normalized spacial score (nSPS) is 18.5. The highest BCUT2D eigenvalue weighted by Crippen LogP contribution is 2.24. The maximum Gasteiger partial charge on any atom is 0.258 e. The van der Waals surface area contributed by atoms with Gasteiger partial charge in [-0.2, -0.15) is 0 Å². The van der Waals surface area contributed by atoms with Gasteiger partial charge in [-0.3, -0.25) is 14.6 Å². The summed E-state index contributed by atoms with van der Waals surface area (Å²) in [6, 6.07) is 11.1. The Labute approximate surface area is 169 Å². The number of fused-ring (bicyclic) bond motifs is 1. The highest BCUT2D eigenvalue weighted by atomic mass is 16.5. The first kappa shape index (κ1) is 19.3. The first-order valence-electron chi connectivity index (χ1n) is 9.89. The Morgan fingerprint density at radius 3 is 2.76 bits per heavy atom. The van der Waals surface area contributed by atoms with Crippen molar-refractivity contribution in [2.45, 2.75) is 44.9 Å². The summed E-state index contributed by atoms with van der Waals surface area (Å²) in [7, 11) is 0. The van der Waals surface area contributed by atoms with Crippen molar-refractivity contribution < 1.29 is 9.53 Å². The molecule has 1 aliphatic rings. The molecule has 1 amide bonds. The van der Waals surface area contributed by atoms with Crippen LogP contribution in [0.2, 0.25) is 0 Å². The van der Waals surface area contributed by atoms with Gasteiger partial charge in [-0.15, -0.1) is 0 Å². The van der Waals surface area contributed by atoms with Crippen LogP contribution in [0, 0.1) is 0 Å². The van der Waals surface area contributed by atoms with Crippen molar-refractivity contribution in [2.75, 3.05) is 6.61 Å². The number of hydrogen-bond donors (Lipinski definition) is 1. The Bertz CT molecular complexity index is 1090. The van der Waals surface area contributed by atoms with Gasteiger partial charge in [0, 0.05) is 42.0 Å². The molecule has 0 bridgehead atoms. The van der Waals surface area contributed by atoms with E-state index in [2.05, 4.69) is 10.3 Å². The van der Waals surface area contributed by atoms with E-state index in [1.807, 2.05) is 44.2 Å². The fraction of sp³-hybridized carbons (Fsp3) is 0.348. The average Bonchev–Trinajstić information content (AvgIpc) is 2.70. The minimum absolute atomic E-state index is 0.0451. The Morgan fingerprint density at radius 1 is 1.24 bits per heavy atom. The Balaban J connectivity index is 1.70. The zero-order chi connectivity index (χ0) is 20.4. The molecule has 1 atom stereocenters. The first-order chi connectivity index (χ1) is 13.9. The number of carbonyl (C=O) groups is 1. The fourth-order valence-electron chi connectivity index (χ4n) is 3.95. The molecule has 3 aromatic rings. The number of hydrogen-bond acceptors (Lipinski definition) is 4. The third-order valence-corrected chi connectivity index (χ3v) is 5.35. The highest BCUT2D eigenvalue weighted by Gasteiger charge is 2.30. The molecule has 150 valence electrons. The van der Waals surface area contributed by atoms with Crippen LogP contribution in [0.15, 0.2) is 59.8 Å². The first-order valence-corrected chi connectivity index (χ1v) is 9.89. The summed E-state index contributed by atoms with van der Waals surface area (Å²) in [5, 5.41) is 4.36. The molecular weight excluding hydrogens is 366 g/mol. The van der Waals surface area contributed by atoms with Gasteiger partial charge in [0.1, 0.15) is 0 Å². The van der Waals surface area contributed by atoms with E-state index in [4.69, 9.17) is 4.74 Å². The Morgan fingerprint density at radius 2 is 2.03 bits per heavy atom. The zero-order valence-electron chi connectivity index (χ0n) is 16.7. The van der Waals surface area contributed by atoms with Gasteiger partial charge in [-0.25, -0.2) is 0 Å². The molecule has 1 N–H and O–H groups in total. The minimum Gasteiger partial charge on any atom is -0.375 e. The van der Waals surface area contributed by atoms with Crippen LogP contribution >= 0.6 is 0 Å². The fourth-order valence-corrected chi connectivity index (χ4v) is 3.95. The topological polar surface area (TPSA) is 73.2 Å². The number of rotatable bonds is 4. The molecule has 29 heavy (non-hydrogen) atoms. The highest BCUT2D eigenvalue weighted by molar-refractivity contribution is 6.06. The Hall–Kier alpha value is -2.99. The van der Waals surface area contributed by atoms with Crippen molar-refractivity contribution in [3.8, 4) is 0 Å². The van der Waals surface area contributed by atoms with Gasteiger partial charge in [0.2, 0.25) is 0 Å². The quantitative estimate of drug-likeness (QED) is 0.742. The van der Waals surface area contributed by atoms with Gasteiger partial charge >= 0.3 is 0 Å². The van der Waals surface area contributed by atoms with Crippen LogP contribution in [-0.2, 0) is 11.3 Å². The van der Waals surface area contributed by atoms with E-state index in [1.165, 1.54) is 0 Å². The lowest BCUT2D eigenvalue weighted by Crippen LogP contribution is -2.46. The van der Waals surface area contributed by atoms with Crippen molar-refractivity contribution in [3.63, 3.8) is 0 Å². The zero-order valence-corrected chi connectivity index (χ0v) is 16.7. The van der Waals surface area contributed by atoms with E-state index in [-0.39, 0.29) is 23.1 Å². The van der Waals surface area contributed by atoms with Crippen LogP contribution in [0.25, 0.3) is 10.8 Å². The van der Waals surface area contributed by atoms with E-state index in [1.54, 1.807) is 29.2 Å². The van der Waals surface area contributed by atoms with Gasteiger partial charge in [0.05, 0.1) is 17.7 Å². The third-order valence-electron chi connectivity index (χ3n) is 5.35. The maximum absolute atomic E-state index is 13.2. The second kappa shape index (κ2) is 7.79. The van der Waals surface area contributed by atoms with E-state index in [9.17, 15) is 9.59 Å². The number of pyridine rings is 2. The van der Waals surface area contributed by atoms with E-state index in [0.29, 0.717) is 29.5 Å². The van der Waals surface area contributed by atoms with Crippen molar-refractivity contribution in [3.05, 3.63) is 76.5 Å². The van der Waals surface area contributed by atoms with Crippen molar-refractivity contribution >= 4 is 16.7 Å². The van der Waals surface area contributed by atoms with Gasteiger partial charge in [0.15, 0.2) is 0 Å². The summed E-state index contributed by atoms with van der Waals surface area (Å²) in [6.07, 6.45) is 6.62. The standard InChI is InChI=1S/C23H25N3O3/c1-23(2)12-17(9-11-29-23)25-21(27)20-15-26(14-16-6-5-10-24-13-16)22(28)19-8-4-3-7-18(19)20/h3-8,10,13,15,17H,9,11-12,14H2,1-2H3,(H,25,27). The number of carbonyl (C=O) groups excluding carboxylic acids is 1. The molecule has 1 saturated heterocycles. The number of nitrogens with one attached hydrogen (secondary N) is 1. The molecule has 2 aromatic heterocycles. The SMILES string of the molecule is CC1(C)CC(NC(=O)c2cn(Cc3cccnc3)c(=O)c3ccccc23)CCO1. The molecule has 6 nitrogen and oxygen atoms in total. The summed E-state index contributed by atoms with van der Waals surface area (Å²) in [5.41, 5.74) is 1.04. The van der Waals surface area contributed by atoms with E-state index < -0.39 is 0 Å². The molecule has 6 heteroatoms. The summed E-state index contributed by atoms with van der Waals surface area (Å²) in [6.45, 7) is 5.06. The second-order valence-corrected chi connectivity index (χ2v) is 8.15. The molecule has 0 spiro atoms. The lowest BCUT2D eigenvalue weighted by atomic mass is 9.93. The number of nitrogens with zero attached hydrogens (tertiary/aromatic N) is 2. The predicted octanol–water partition coefficient (Wildman–Crippen LogP) is 3.13. The molecule has 3 heterocycles. The lowest BCUT2D eigenvalue weighted by Gasteiger charge is -2.35. The van der Waals surface area contributed by atoms with Gasteiger partial charge < -0.3 is 14.6 Å². The van der Waals surface area contributed by atoms with Crippen LogP contribution in [0.3, 0.4) is 0 Å². The summed E-state index contributed by atoms with van der Waals surface area (Å²) in [4.78, 5) is 30.3. The number of ether oxygens (including phenoxy) is 1. The number of amides is 1. The van der Waals surface area contributed by atoms with Crippen LogP contribution in [0.1, 0.15) is 42.6 Å². The van der Waals surface area contributed by atoms with Crippen molar-refractivity contribution in [1.82, 2.24) is 14.9 Å². The largest absolute Gasteiger partial charge is 0.375 e.